The van der Waals surface area contributed by atoms with Crippen molar-refractivity contribution in [1.29, 1.82) is 0 Å². The number of nitrogens with one attached hydrogen (secondary N) is 2. The summed E-state index contributed by atoms with van der Waals surface area (Å²) in [6.07, 6.45) is 2.29. The summed E-state index contributed by atoms with van der Waals surface area (Å²) >= 11 is 3.30. The van der Waals surface area contributed by atoms with Crippen LogP contribution < -0.4 is 10.6 Å². The van der Waals surface area contributed by atoms with Gasteiger partial charge in [-0.05, 0) is 36.8 Å². The van der Waals surface area contributed by atoms with Crippen LogP contribution in [0.25, 0.3) is 0 Å². The zero-order chi connectivity index (χ0) is 17.2. The van der Waals surface area contributed by atoms with E-state index in [1.54, 1.807) is 30.5 Å². The molecule has 0 unspecified atom stereocenters. The summed E-state index contributed by atoms with van der Waals surface area (Å²) in [4.78, 5) is 23.6. The third kappa shape index (κ3) is 6.55. The predicted octanol–water partition coefficient (Wildman–Crippen LogP) is 2.50. The number of hydrogen-bond acceptors (Lipinski definition) is 4. The molecule has 2 amide bonds. The fraction of sp³-hybridized carbons (Fsp3) is 0.294. The van der Waals surface area contributed by atoms with Crippen LogP contribution in [0.1, 0.15) is 22.5 Å². The maximum absolute atomic E-state index is 11.9. The summed E-state index contributed by atoms with van der Waals surface area (Å²) < 4.78 is 11.4. The average molecular weight is 395 g/mol. The van der Waals surface area contributed by atoms with Crippen LogP contribution in [0.5, 0.6) is 0 Å². The highest BCUT2D eigenvalue weighted by atomic mass is 79.9. The fourth-order valence-electron chi connectivity index (χ4n) is 1.92. The van der Waals surface area contributed by atoms with Crippen molar-refractivity contribution >= 4 is 27.7 Å². The van der Waals surface area contributed by atoms with Gasteiger partial charge < -0.3 is 19.8 Å². The largest absolute Gasteiger partial charge is 0.467 e. The van der Waals surface area contributed by atoms with Gasteiger partial charge in [-0.15, -0.1) is 0 Å². The first-order chi connectivity index (χ1) is 11.6. The van der Waals surface area contributed by atoms with Crippen LogP contribution in [-0.4, -0.2) is 31.5 Å². The molecule has 6 nitrogen and oxygen atoms in total. The Balaban J connectivity index is 1.54. The molecule has 0 saturated heterocycles. The molecular formula is C17H19BrN2O4. The van der Waals surface area contributed by atoms with Gasteiger partial charge in [-0.25, -0.2) is 0 Å². The normalized spacial score (nSPS) is 10.4. The van der Waals surface area contributed by atoms with Crippen molar-refractivity contribution in [2.75, 3.05) is 19.7 Å². The van der Waals surface area contributed by atoms with E-state index >= 15 is 0 Å². The molecule has 2 N–H and O–H groups in total. The van der Waals surface area contributed by atoms with Gasteiger partial charge in [0.25, 0.3) is 5.91 Å². The molecule has 128 valence electrons. The van der Waals surface area contributed by atoms with Crippen molar-refractivity contribution in [3.05, 3.63) is 58.5 Å². The highest BCUT2D eigenvalue weighted by Crippen LogP contribution is 2.11. The Hall–Kier alpha value is -2.12. The van der Waals surface area contributed by atoms with Crippen LogP contribution in [0.4, 0.5) is 0 Å². The van der Waals surface area contributed by atoms with Crippen LogP contribution in [0.15, 0.2) is 51.6 Å². The molecule has 1 aromatic carbocycles. The molecular weight excluding hydrogens is 376 g/mol. The number of furan rings is 1. The van der Waals surface area contributed by atoms with E-state index < -0.39 is 0 Å². The Morgan fingerprint density at radius 3 is 2.79 bits per heavy atom. The lowest BCUT2D eigenvalue weighted by Gasteiger charge is -2.07. The summed E-state index contributed by atoms with van der Waals surface area (Å²) in [6.45, 7) is 1.37. The van der Waals surface area contributed by atoms with Crippen molar-refractivity contribution in [3.63, 3.8) is 0 Å². The summed E-state index contributed by atoms with van der Waals surface area (Å²) in [5.74, 6) is 0.256. The quantitative estimate of drug-likeness (QED) is 0.640. The highest BCUT2D eigenvalue weighted by Gasteiger charge is 2.07. The first-order valence-corrected chi connectivity index (χ1v) is 8.35. The highest BCUT2D eigenvalue weighted by molar-refractivity contribution is 9.10. The molecule has 1 heterocycles. The fourth-order valence-corrected chi connectivity index (χ4v) is 2.32. The SMILES string of the molecule is O=C(CNC(=O)c1cccc(Br)c1)NCCCOCc1ccco1. The first kappa shape index (κ1) is 18.2. The number of ether oxygens (including phenoxy) is 1. The summed E-state index contributed by atoms with van der Waals surface area (Å²) in [5, 5.41) is 5.31. The molecule has 0 spiro atoms. The smallest absolute Gasteiger partial charge is 0.251 e. The number of halogens is 1. The maximum atomic E-state index is 11.9. The van der Waals surface area contributed by atoms with E-state index in [4.69, 9.17) is 9.15 Å². The topological polar surface area (TPSA) is 80.6 Å². The maximum Gasteiger partial charge on any atom is 0.251 e. The molecule has 24 heavy (non-hydrogen) atoms. The van der Waals surface area contributed by atoms with Gasteiger partial charge in [0, 0.05) is 23.2 Å². The van der Waals surface area contributed by atoms with E-state index in [0.717, 1.165) is 10.2 Å². The number of rotatable bonds is 9. The molecule has 0 aliphatic carbocycles. The molecule has 0 saturated carbocycles. The first-order valence-electron chi connectivity index (χ1n) is 7.56. The van der Waals surface area contributed by atoms with Gasteiger partial charge in [0.2, 0.25) is 5.91 Å². The van der Waals surface area contributed by atoms with Crippen molar-refractivity contribution in [2.24, 2.45) is 0 Å². The number of carbonyl (C=O) groups is 2. The molecule has 0 atom stereocenters. The van der Waals surface area contributed by atoms with Crippen LogP contribution in [-0.2, 0) is 16.1 Å². The zero-order valence-corrected chi connectivity index (χ0v) is 14.7. The minimum absolute atomic E-state index is 0.0569. The van der Waals surface area contributed by atoms with E-state index in [9.17, 15) is 9.59 Å². The Morgan fingerprint density at radius 2 is 2.04 bits per heavy atom. The van der Waals surface area contributed by atoms with E-state index in [1.165, 1.54) is 0 Å². The summed E-state index contributed by atoms with van der Waals surface area (Å²) in [7, 11) is 0. The van der Waals surface area contributed by atoms with Crippen LogP contribution in [0.3, 0.4) is 0 Å². The second kappa shape index (κ2) is 9.89. The number of hydrogen-bond donors (Lipinski definition) is 2. The molecule has 2 aromatic rings. The Bertz CT molecular complexity index is 658. The lowest BCUT2D eigenvalue weighted by Crippen LogP contribution is -2.37. The average Bonchev–Trinajstić information content (AvgIpc) is 3.09. The molecule has 0 bridgehead atoms. The third-order valence-electron chi connectivity index (χ3n) is 3.11. The van der Waals surface area contributed by atoms with Gasteiger partial charge in [-0.2, -0.15) is 0 Å². The van der Waals surface area contributed by atoms with E-state index in [1.807, 2.05) is 12.1 Å². The predicted molar refractivity (Wildman–Crippen MR) is 92.5 cm³/mol. The van der Waals surface area contributed by atoms with Crippen molar-refractivity contribution in [3.8, 4) is 0 Å². The second-order valence-corrected chi connectivity index (χ2v) is 5.94. The molecule has 7 heteroatoms. The minimum atomic E-state index is -0.284. The Labute approximate surface area is 148 Å². The lowest BCUT2D eigenvalue weighted by atomic mass is 10.2. The standard InChI is InChI=1S/C17H19BrN2O4/c18-14-5-1-4-13(10-14)17(22)20-11-16(21)19-7-3-8-23-12-15-6-2-9-24-15/h1-2,4-6,9-10H,3,7-8,11-12H2,(H,19,21)(H,20,22). The minimum Gasteiger partial charge on any atom is -0.467 e. The van der Waals surface area contributed by atoms with Gasteiger partial charge in [-0.1, -0.05) is 22.0 Å². The Kier molecular flexibility index (Phi) is 7.51. The van der Waals surface area contributed by atoms with Gasteiger partial charge in [0.05, 0.1) is 12.8 Å². The summed E-state index contributed by atoms with van der Waals surface area (Å²) in [5.41, 5.74) is 0.503. The molecule has 0 aliphatic heterocycles. The number of amides is 2. The monoisotopic (exact) mass is 394 g/mol. The van der Waals surface area contributed by atoms with Crippen molar-refractivity contribution < 1.29 is 18.7 Å². The zero-order valence-electron chi connectivity index (χ0n) is 13.1. The van der Waals surface area contributed by atoms with E-state index in [2.05, 4.69) is 26.6 Å². The Morgan fingerprint density at radius 1 is 1.17 bits per heavy atom. The van der Waals surface area contributed by atoms with Gasteiger partial charge in [0.1, 0.15) is 12.4 Å². The van der Waals surface area contributed by atoms with E-state index in [0.29, 0.717) is 31.7 Å². The van der Waals surface area contributed by atoms with Crippen LogP contribution in [0, 0.1) is 0 Å². The molecule has 1 aromatic heterocycles. The number of benzene rings is 1. The second-order valence-electron chi connectivity index (χ2n) is 5.03. The van der Waals surface area contributed by atoms with Gasteiger partial charge in [0.15, 0.2) is 0 Å². The van der Waals surface area contributed by atoms with Crippen LogP contribution in [0.2, 0.25) is 0 Å². The van der Waals surface area contributed by atoms with Crippen molar-refractivity contribution in [2.45, 2.75) is 13.0 Å². The van der Waals surface area contributed by atoms with Crippen molar-refractivity contribution in [1.82, 2.24) is 10.6 Å². The van der Waals surface area contributed by atoms with Gasteiger partial charge in [-0.3, -0.25) is 9.59 Å². The molecule has 0 fully saturated rings. The third-order valence-corrected chi connectivity index (χ3v) is 3.60. The lowest BCUT2D eigenvalue weighted by molar-refractivity contribution is -0.120. The van der Waals surface area contributed by atoms with Crippen LogP contribution >= 0.6 is 15.9 Å². The molecule has 0 radical (unpaired) electrons. The van der Waals surface area contributed by atoms with Gasteiger partial charge >= 0.3 is 0 Å². The molecule has 0 aliphatic rings. The summed E-state index contributed by atoms with van der Waals surface area (Å²) in [6, 6.07) is 10.6. The number of carbonyl (C=O) groups excluding carboxylic acids is 2. The molecule has 2 rings (SSSR count). The van der Waals surface area contributed by atoms with E-state index in [-0.39, 0.29) is 18.4 Å².